The lowest BCUT2D eigenvalue weighted by Gasteiger charge is -2.34. The second-order valence-corrected chi connectivity index (χ2v) is 8.17. The molecule has 5 heterocycles. The van der Waals surface area contributed by atoms with Crippen molar-refractivity contribution < 1.29 is 9.18 Å². The largest absolute Gasteiger partial charge is 0.356 e. The number of aryl methyl sites for hydroxylation is 1. The topological polar surface area (TPSA) is 66.6 Å². The first-order chi connectivity index (χ1) is 14.6. The minimum absolute atomic E-state index is 0.0125. The highest BCUT2D eigenvalue weighted by molar-refractivity contribution is 5.94. The number of fused-ring (bicyclic) bond motifs is 1. The molecule has 2 fully saturated rings. The smallest absolute Gasteiger partial charge is 0.259 e. The van der Waals surface area contributed by atoms with E-state index < -0.39 is 5.95 Å². The van der Waals surface area contributed by atoms with Crippen molar-refractivity contribution >= 4 is 17.4 Å². The number of hydrogen-bond acceptors (Lipinski definition) is 5. The minimum Gasteiger partial charge on any atom is -0.356 e. The maximum atomic E-state index is 14.1. The molecule has 2 aliphatic rings. The molecular weight excluding hydrogens is 383 g/mol. The van der Waals surface area contributed by atoms with Crippen LogP contribution in [-0.4, -0.2) is 50.0 Å². The average molecular weight is 408 g/mol. The maximum absolute atomic E-state index is 14.1. The van der Waals surface area contributed by atoms with Gasteiger partial charge in [-0.1, -0.05) is 0 Å². The number of hydrogen-bond donors (Lipinski definition) is 0. The zero-order chi connectivity index (χ0) is 20.7. The Labute approximate surface area is 174 Å². The molecule has 2 saturated heterocycles. The second kappa shape index (κ2) is 7.66. The lowest BCUT2D eigenvalue weighted by molar-refractivity contribution is 0.0600. The Morgan fingerprint density at radius 2 is 1.97 bits per heavy atom. The van der Waals surface area contributed by atoms with Crippen LogP contribution in [0.25, 0.3) is 5.65 Å². The molecule has 3 aromatic rings. The van der Waals surface area contributed by atoms with Crippen molar-refractivity contribution in [1.29, 1.82) is 0 Å². The predicted molar refractivity (Wildman–Crippen MR) is 111 cm³/mol. The molecule has 0 spiro atoms. The lowest BCUT2D eigenvalue weighted by atomic mass is 9.98. The van der Waals surface area contributed by atoms with Crippen LogP contribution in [0.2, 0.25) is 0 Å². The van der Waals surface area contributed by atoms with E-state index in [0.29, 0.717) is 6.54 Å². The van der Waals surface area contributed by atoms with Crippen LogP contribution in [0, 0.1) is 12.9 Å². The summed E-state index contributed by atoms with van der Waals surface area (Å²) in [4.78, 5) is 25.7. The Morgan fingerprint density at radius 3 is 2.77 bits per heavy atom. The van der Waals surface area contributed by atoms with Crippen molar-refractivity contribution in [1.82, 2.24) is 24.5 Å². The molecule has 0 aromatic carbocycles. The molecule has 0 unspecified atom stereocenters. The van der Waals surface area contributed by atoms with Gasteiger partial charge in [-0.2, -0.15) is 9.49 Å². The Hall–Kier alpha value is -3.03. The summed E-state index contributed by atoms with van der Waals surface area (Å²) in [6, 6.07) is 4.86. The number of nitrogens with zero attached hydrogens (tertiary/aromatic N) is 6. The third-order valence-corrected chi connectivity index (χ3v) is 6.12. The number of likely N-dealkylation sites (tertiary alicyclic amines) is 1. The molecule has 156 valence electrons. The Bertz CT molecular complexity index is 1090. The van der Waals surface area contributed by atoms with E-state index in [2.05, 4.69) is 16.8 Å². The molecule has 7 nitrogen and oxygen atoms in total. The van der Waals surface area contributed by atoms with E-state index in [1.165, 1.54) is 25.1 Å². The van der Waals surface area contributed by atoms with Gasteiger partial charge in [0.1, 0.15) is 5.82 Å². The first-order valence-electron chi connectivity index (χ1n) is 10.6. The minimum atomic E-state index is -0.727. The van der Waals surface area contributed by atoms with Crippen LogP contribution >= 0.6 is 0 Å². The highest BCUT2D eigenvalue weighted by Crippen LogP contribution is 2.33. The van der Waals surface area contributed by atoms with E-state index >= 15 is 0 Å². The fourth-order valence-corrected chi connectivity index (χ4v) is 4.61. The number of amides is 1. The van der Waals surface area contributed by atoms with Gasteiger partial charge in [0.15, 0.2) is 5.65 Å². The molecule has 0 radical (unpaired) electrons. The van der Waals surface area contributed by atoms with Gasteiger partial charge in [0.25, 0.3) is 5.91 Å². The zero-order valence-corrected chi connectivity index (χ0v) is 17.1. The summed E-state index contributed by atoms with van der Waals surface area (Å²) in [5, 5.41) is 4.75. The number of halogens is 1. The van der Waals surface area contributed by atoms with E-state index in [1.54, 1.807) is 15.5 Å². The van der Waals surface area contributed by atoms with Crippen molar-refractivity contribution in [3.05, 3.63) is 53.4 Å². The first kappa shape index (κ1) is 19.0. The molecule has 0 aliphatic carbocycles. The van der Waals surface area contributed by atoms with Gasteiger partial charge >= 0.3 is 0 Å². The molecule has 2 aliphatic heterocycles. The fourth-order valence-electron chi connectivity index (χ4n) is 4.61. The van der Waals surface area contributed by atoms with Crippen molar-refractivity contribution in [3.8, 4) is 0 Å². The van der Waals surface area contributed by atoms with Gasteiger partial charge in [0.05, 0.1) is 17.3 Å². The second-order valence-electron chi connectivity index (χ2n) is 8.17. The number of rotatable bonds is 3. The molecule has 3 aromatic heterocycles. The van der Waals surface area contributed by atoms with Crippen LogP contribution in [0.3, 0.4) is 0 Å². The van der Waals surface area contributed by atoms with Crippen LogP contribution in [0.4, 0.5) is 10.2 Å². The van der Waals surface area contributed by atoms with Gasteiger partial charge < -0.3 is 9.80 Å². The Balaban J connectivity index is 1.49. The van der Waals surface area contributed by atoms with E-state index in [-0.39, 0.29) is 17.5 Å². The van der Waals surface area contributed by atoms with Crippen LogP contribution in [-0.2, 0) is 0 Å². The van der Waals surface area contributed by atoms with Gasteiger partial charge in [-0.15, -0.1) is 0 Å². The molecule has 0 N–H and O–H groups in total. The highest BCUT2D eigenvalue weighted by Gasteiger charge is 2.32. The summed E-state index contributed by atoms with van der Waals surface area (Å²) in [5.41, 5.74) is 2.69. The monoisotopic (exact) mass is 408 g/mol. The molecule has 0 bridgehead atoms. The molecule has 30 heavy (non-hydrogen) atoms. The number of carbonyl (C=O) groups excluding carboxylic acids is 1. The summed E-state index contributed by atoms with van der Waals surface area (Å²) in [6.45, 7) is 4.71. The van der Waals surface area contributed by atoms with E-state index in [0.717, 1.165) is 55.1 Å². The van der Waals surface area contributed by atoms with E-state index in [9.17, 15) is 9.18 Å². The maximum Gasteiger partial charge on any atom is 0.259 e. The highest BCUT2D eigenvalue weighted by atomic mass is 19.1. The Kier molecular flexibility index (Phi) is 4.84. The van der Waals surface area contributed by atoms with Gasteiger partial charge in [-0.3, -0.25) is 4.79 Å². The molecule has 8 heteroatoms. The summed E-state index contributed by atoms with van der Waals surface area (Å²) < 4.78 is 15.9. The van der Waals surface area contributed by atoms with Gasteiger partial charge in [0, 0.05) is 43.7 Å². The Morgan fingerprint density at radius 1 is 1.17 bits per heavy atom. The lowest BCUT2D eigenvalue weighted by Crippen LogP contribution is -2.39. The predicted octanol–water partition coefficient (Wildman–Crippen LogP) is 3.54. The van der Waals surface area contributed by atoms with Crippen molar-refractivity contribution in [2.45, 2.75) is 45.1 Å². The van der Waals surface area contributed by atoms with Crippen LogP contribution in [0.1, 0.15) is 59.8 Å². The summed E-state index contributed by atoms with van der Waals surface area (Å²) in [5.74, 6) is -0.0425. The average Bonchev–Trinajstić information content (AvgIpc) is 3.42. The summed E-state index contributed by atoms with van der Waals surface area (Å²) >= 11 is 0. The standard InChI is InChI=1S/C22H25FN6O/c1-15-14-29-19(25-21(15)27-10-4-5-11-27)13-17(26-29)18-8-2-3-12-28(18)22(30)16-7-6-9-24-20(16)23/h6-7,9,13-14,18H,2-5,8,10-12H2,1H3/t18-/m0/s1. The van der Waals surface area contributed by atoms with Gasteiger partial charge in [-0.05, 0) is 51.2 Å². The quantitative estimate of drug-likeness (QED) is 0.620. The molecular formula is C22H25FN6O. The van der Waals surface area contributed by atoms with Crippen LogP contribution in [0.5, 0.6) is 0 Å². The van der Waals surface area contributed by atoms with E-state index in [4.69, 9.17) is 10.1 Å². The third kappa shape index (κ3) is 3.30. The zero-order valence-electron chi connectivity index (χ0n) is 17.1. The normalized spacial score (nSPS) is 19.6. The number of carbonyl (C=O) groups is 1. The number of pyridine rings is 1. The molecule has 5 rings (SSSR count). The molecule has 1 atom stereocenters. The fraction of sp³-hybridized carbons (Fsp3) is 0.455. The number of aromatic nitrogens is 4. The molecule has 1 amide bonds. The number of piperidine rings is 1. The number of anilines is 1. The van der Waals surface area contributed by atoms with Crippen LogP contribution < -0.4 is 4.90 Å². The van der Waals surface area contributed by atoms with E-state index in [1.807, 2.05) is 12.3 Å². The summed E-state index contributed by atoms with van der Waals surface area (Å²) in [6.07, 6.45) is 8.46. The SMILES string of the molecule is Cc1cn2nc([C@@H]3CCCCN3C(=O)c3cccnc3F)cc2nc1N1CCCC1. The van der Waals surface area contributed by atoms with Crippen molar-refractivity contribution in [2.75, 3.05) is 24.5 Å². The van der Waals surface area contributed by atoms with Gasteiger partial charge in [-0.25, -0.2) is 14.5 Å². The first-order valence-corrected chi connectivity index (χ1v) is 10.6. The molecule has 0 saturated carbocycles. The third-order valence-electron chi connectivity index (χ3n) is 6.12. The summed E-state index contributed by atoms with van der Waals surface area (Å²) in [7, 11) is 0. The van der Waals surface area contributed by atoms with Crippen molar-refractivity contribution in [3.63, 3.8) is 0 Å². The van der Waals surface area contributed by atoms with Gasteiger partial charge in [0.2, 0.25) is 5.95 Å². The van der Waals surface area contributed by atoms with Crippen molar-refractivity contribution in [2.24, 2.45) is 0 Å². The van der Waals surface area contributed by atoms with Crippen LogP contribution in [0.15, 0.2) is 30.6 Å².